The van der Waals surface area contributed by atoms with Crippen LogP contribution >= 0.6 is 23.4 Å². The largest absolute Gasteiger partial charge is 0.355 e. The van der Waals surface area contributed by atoms with Crippen LogP contribution in [0.3, 0.4) is 0 Å². The lowest BCUT2D eigenvalue weighted by atomic mass is 10.1. The zero-order chi connectivity index (χ0) is 18.8. The third kappa shape index (κ3) is 3.40. The van der Waals surface area contributed by atoms with Gasteiger partial charge in [-0.05, 0) is 24.1 Å². The van der Waals surface area contributed by atoms with E-state index in [-0.39, 0.29) is 5.56 Å². The molecule has 4 aromatic rings. The number of H-pyrrole nitrogens is 1. The number of hydrogen-bond acceptors (Lipinski definition) is 3. The third-order valence-electron chi connectivity index (χ3n) is 4.47. The molecule has 0 bridgehead atoms. The molecule has 136 valence electrons. The molecule has 0 amide bonds. The lowest BCUT2D eigenvalue weighted by Gasteiger charge is -2.11. The number of aromatic nitrogens is 3. The molecule has 0 radical (unpaired) electrons. The lowest BCUT2D eigenvalue weighted by Crippen LogP contribution is -2.22. The van der Waals surface area contributed by atoms with Crippen molar-refractivity contribution >= 4 is 34.4 Å². The zero-order valence-corrected chi connectivity index (χ0v) is 16.3. The molecule has 0 unspecified atom stereocenters. The fourth-order valence-electron chi connectivity index (χ4n) is 3.06. The van der Waals surface area contributed by atoms with Crippen molar-refractivity contribution in [3.8, 4) is 11.1 Å². The maximum absolute atomic E-state index is 13.0. The second-order valence-electron chi connectivity index (χ2n) is 6.12. The predicted octanol–water partition coefficient (Wildman–Crippen LogP) is 5.36. The molecule has 0 aliphatic heterocycles. The first-order valence-corrected chi connectivity index (χ1v) is 10.1. The summed E-state index contributed by atoms with van der Waals surface area (Å²) in [7, 11) is 0. The van der Waals surface area contributed by atoms with Crippen LogP contribution in [-0.4, -0.2) is 14.5 Å². The van der Waals surface area contributed by atoms with Gasteiger partial charge in [-0.3, -0.25) is 9.36 Å². The Morgan fingerprint density at radius 1 is 1.11 bits per heavy atom. The number of fused-ring (bicyclic) bond motifs is 1. The molecule has 4 rings (SSSR count). The Bertz CT molecular complexity index is 1150. The van der Waals surface area contributed by atoms with Gasteiger partial charge in [-0.2, -0.15) is 0 Å². The van der Waals surface area contributed by atoms with Crippen LogP contribution < -0.4 is 5.56 Å². The highest BCUT2D eigenvalue weighted by molar-refractivity contribution is 7.98. The summed E-state index contributed by atoms with van der Waals surface area (Å²) in [5, 5.41) is 1.43. The molecule has 4 nitrogen and oxygen atoms in total. The Kier molecular flexibility index (Phi) is 5.05. The van der Waals surface area contributed by atoms with Gasteiger partial charge < -0.3 is 4.98 Å². The highest BCUT2D eigenvalue weighted by Gasteiger charge is 2.16. The molecule has 27 heavy (non-hydrogen) atoms. The van der Waals surface area contributed by atoms with Crippen molar-refractivity contribution in [3.05, 3.63) is 81.7 Å². The first-order chi connectivity index (χ1) is 13.2. The van der Waals surface area contributed by atoms with Crippen LogP contribution in [-0.2, 0) is 12.3 Å². The minimum absolute atomic E-state index is 0.0497. The Balaban J connectivity index is 1.80. The summed E-state index contributed by atoms with van der Waals surface area (Å²) in [5.41, 5.74) is 4.19. The number of aromatic amines is 1. The smallest absolute Gasteiger partial charge is 0.278 e. The van der Waals surface area contributed by atoms with Crippen LogP contribution in [0.2, 0.25) is 5.02 Å². The molecule has 0 saturated carbocycles. The van der Waals surface area contributed by atoms with Gasteiger partial charge in [0.25, 0.3) is 5.56 Å². The normalized spacial score (nSPS) is 11.2. The SMILES string of the molecule is CCn1c(SCc2ccccc2Cl)nc2c(-c3ccccc3)c[nH]c2c1=O. The minimum Gasteiger partial charge on any atom is -0.355 e. The van der Waals surface area contributed by atoms with Crippen molar-refractivity contribution in [1.29, 1.82) is 0 Å². The maximum Gasteiger partial charge on any atom is 0.278 e. The number of benzene rings is 2. The van der Waals surface area contributed by atoms with E-state index >= 15 is 0 Å². The number of hydrogen-bond donors (Lipinski definition) is 1. The van der Waals surface area contributed by atoms with Gasteiger partial charge in [0, 0.05) is 29.1 Å². The van der Waals surface area contributed by atoms with E-state index in [1.54, 1.807) is 4.57 Å². The molecule has 2 aromatic carbocycles. The van der Waals surface area contributed by atoms with Crippen LogP contribution in [0, 0.1) is 0 Å². The molecule has 2 aromatic heterocycles. The second-order valence-corrected chi connectivity index (χ2v) is 7.47. The predicted molar refractivity (Wildman–Crippen MR) is 112 cm³/mol. The Labute approximate surface area is 166 Å². The molecule has 0 aliphatic rings. The zero-order valence-electron chi connectivity index (χ0n) is 14.8. The van der Waals surface area contributed by atoms with E-state index in [0.29, 0.717) is 28.5 Å². The third-order valence-corrected chi connectivity index (χ3v) is 5.86. The molecule has 1 N–H and O–H groups in total. The van der Waals surface area contributed by atoms with Gasteiger partial charge in [-0.25, -0.2) is 4.98 Å². The van der Waals surface area contributed by atoms with Crippen molar-refractivity contribution in [2.75, 3.05) is 0 Å². The van der Waals surface area contributed by atoms with Crippen LogP contribution in [0.15, 0.2) is 70.7 Å². The highest BCUT2D eigenvalue weighted by atomic mass is 35.5. The summed E-state index contributed by atoms with van der Waals surface area (Å²) in [5.74, 6) is 0.655. The van der Waals surface area contributed by atoms with Gasteiger partial charge in [0.1, 0.15) is 11.0 Å². The number of halogens is 1. The first-order valence-electron chi connectivity index (χ1n) is 8.72. The minimum atomic E-state index is -0.0497. The fourth-order valence-corrected chi connectivity index (χ4v) is 4.40. The van der Waals surface area contributed by atoms with E-state index in [1.807, 2.05) is 67.7 Å². The molecule has 0 saturated heterocycles. The van der Waals surface area contributed by atoms with Crippen LogP contribution in [0.1, 0.15) is 12.5 Å². The first kappa shape index (κ1) is 17.9. The van der Waals surface area contributed by atoms with Crippen molar-refractivity contribution in [2.24, 2.45) is 0 Å². The van der Waals surface area contributed by atoms with Crippen molar-refractivity contribution < 1.29 is 0 Å². The molecular weight excluding hydrogens is 378 g/mol. The number of nitrogens with zero attached hydrogens (tertiary/aromatic N) is 2. The van der Waals surface area contributed by atoms with Gasteiger partial charge in [0.15, 0.2) is 5.16 Å². The van der Waals surface area contributed by atoms with E-state index in [4.69, 9.17) is 16.6 Å². The van der Waals surface area contributed by atoms with Gasteiger partial charge in [0.05, 0.1) is 0 Å². The maximum atomic E-state index is 13.0. The molecule has 0 fully saturated rings. The quantitative estimate of drug-likeness (QED) is 0.365. The van der Waals surface area contributed by atoms with E-state index in [0.717, 1.165) is 21.7 Å². The fraction of sp³-hybridized carbons (Fsp3) is 0.143. The number of thioether (sulfide) groups is 1. The van der Waals surface area contributed by atoms with Gasteiger partial charge >= 0.3 is 0 Å². The van der Waals surface area contributed by atoms with Crippen LogP contribution in [0.4, 0.5) is 0 Å². The topological polar surface area (TPSA) is 50.7 Å². The monoisotopic (exact) mass is 395 g/mol. The van der Waals surface area contributed by atoms with Crippen LogP contribution in [0.25, 0.3) is 22.2 Å². The summed E-state index contributed by atoms with van der Waals surface area (Å²) in [6, 6.07) is 17.7. The molecule has 2 heterocycles. The van der Waals surface area contributed by atoms with E-state index < -0.39 is 0 Å². The Morgan fingerprint density at radius 2 is 1.85 bits per heavy atom. The van der Waals surface area contributed by atoms with Crippen molar-refractivity contribution in [1.82, 2.24) is 14.5 Å². The highest BCUT2D eigenvalue weighted by Crippen LogP contribution is 2.29. The average molecular weight is 396 g/mol. The summed E-state index contributed by atoms with van der Waals surface area (Å²) in [4.78, 5) is 20.9. The van der Waals surface area contributed by atoms with E-state index in [2.05, 4.69) is 4.98 Å². The summed E-state index contributed by atoms with van der Waals surface area (Å²) in [6.07, 6.45) is 1.86. The second kappa shape index (κ2) is 7.62. The van der Waals surface area contributed by atoms with Crippen molar-refractivity contribution in [3.63, 3.8) is 0 Å². The average Bonchev–Trinajstić information content (AvgIpc) is 3.12. The molecule has 6 heteroatoms. The summed E-state index contributed by atoms with van der Waals surface area (Å²) >= 11 is 7.80. The summed E-state index contributed by atoms with van der Waals surface area (Å²) in [6.45, 7) is 2.52. The van der Waals surface area contributed by atoms with E-state index in [1.165, 1.54) is 11.8 Å². The Morgan fingerprint density at radius 3 is 2.59 bits per heavy atom. The van der Waals surface area contributed by atoms with Gasteiger partial charge in [-0.15, -0.1) is 0 Å². The lowest BCUT2D eigenvalue weighted by molar-refractivity contribution is 0.633. The van der Waals surface area contributed by atoms with E-state index in [9.17, 15) is 4.79 Å². The summed E-state index contributed by atoms with van der Waals surface area (Å²) < 4.78 is 1.70. The molecule has 0 spiro atoms. The number of nitrogens with one attached hydrogen (secondary N) is 1. The molecule has 0 aliphatic carbocycles. The van der Waals surface area contributed by atoms with Gasteiger partial charge in [-0.1, -0.05) is 71.9 Å². The van der Waals surface area contributed by atoms with Crippen molar-refractivity contribution in [2.45, 2.75) is 24.4 Å². The van der Waals surface area contributed by atoms with Crippen LogP contribution in [0.5, 0.6) is 0 Å². The Hall–Kier alpha value is -2.50. The molecule has 0 atom stereocenters. The number of rotatable bonds is 5. The van der Waals surface area contributed by atoms with Gasteiger partial charge in [0.2, 0.25) is 0 Å². The molecular formula is C21H18ClN3OS. The standard InChI is InChI=1S/C21H18ClN3OS/c1-2-25-20(26)19-18(16(12-23-19)14-8-4-3-5-9-14)24-21(25)27-13-15-10-6-7-11-17(15)22/h3-12,23H,2,13H2,1H3.